The van der Waals surface area contributed by atoms with E-state index in [9.17, 15) is 9.59 Å². The van der Waals surface area contributed by atoms with Gasteiger partial charge < -0.3 is 20.1 Å². The molecule has 21 heavy (non-hydrogen) atoms. The van der Waals surface area contributed by atoms with Crippen LogP contribution in [0.4, 0.5) is 4.79 Å². The van der Waals surface area contributed by atoms with E-state index in [1.165, 1.54) is 7.05 Å². The first-order valence-corrected chi connectivity index (χ1v) is 6.52. The zero-order chi connectivity index (χ0) is 15.8. The van der Waals surface area contributed by atoms with Gasteiger partial charge in [-0.25, -0.2) is 4.79 Å². The molecular formula is C14H21N3O4. The van der Waals surface area contributed by atoms with Crippen molar-refractivity contribution in [2.24, 2.45) is 0 Å². The van der Waals surface area contributed by atoms with Gasteiger partial charge in [-0.1, -0.05) is 0 Å². The number of benzene rings is 1. The van der Waals surface area contributed by atoms with Crippen molar-refractivity contribution >= 4 is 11.9 Å². The molecule has 1 aromatic carbocycles. The van der Waals surface area contributed by atoms with Crippen LogP contribution in [0.15, 0.2) is 18.2 Å². The zero-order valence-electron chi connectivity index (χ0n) is 12.6. The van der Waals surface area contributed by atoms with Gasteiger partial charge in [0, 0.05) is 19.2 Å². The summed E-state index contributed by atoms with van der Waals surface area (Å²) in [5.41, 5.74) is 0.858. The summed E-state index contributed by atoms with van der Waals surface area (Å²) in [4.78, 5) is 22.9. The van der Waals surface area contributed by atoms with Crippen LogP contribution in [0.1, 0.15) is 12.5 Å². The molecule has 3 amide bonds. The molecule has 1 unspecified atom stereocenters. The number of methoxy groups -OCH3 is 1. The fourth-order valence-electron chi connectivity index (χ4n) is 1.65. The van der Waals surface area contributed by atoms with Crippen molar-refractivity contribution in [3.05, 3.63) is 23.8 Å². The highest BCUT2D eigenvalue weighted by Crippen LogP contribution is 2.25. The van der Waals surface area contributed by atoms with E-state index in [-0.39, 0.29) is 0 Å². The molecule has 1 rings (SSSR count). The maximum atomic E-state index is 11.8. The van der Waals surface area contributed by atoms with Gasteiger partial charge in [0.25, 0.3) is 5.91 Å². The van der Waals surface area contributed by atoms with Crippen LogP contribution in [-0.2, 0) is 11.3 Å². The lowest BCUT2D eigenvalue weighted by atomic mass is 10.2. The largest absolute Gasteiger partial charge is 0.497 e. The average molecular weight is 295 g/mol. The topological polar surface area (TPSA) is 88.7 Å². The number of carbonyl (C=O) groups excluding carboxylic acids is 2. The molecule has 0 radical (unpaired) electrons. The van der Waals surface area contributed by atoms with Crippen molar-refractivity contribution in [3.8, 4) is 11.5 Å². The van der Waals surface area contributed by atoms with Gasteiger partial charge >= 0.3 is 6.03 Å². The normalized spacial score (nSPS) is 11.4. The summed E-state index contributed by atoms with van der Waals surface area (Å²) in [6, 6.07) is 4.74. The summed E-state index contributed by atoms with van der Waals surface area (Å²) < 4.78 is 10.8. The van der Waals surface area contributed by atoms with Crippen LogP contribution < -0.4 is 25.4 Å². The van der Waals surface area contributed by atoms with Crippen LogP contribution in [-0.4, -0.2) is 39.2 Å². The Balaban J connectivity index is 2.81. The SMILES string of the molecule is CNCc1cc(OC)ccc1OC(C)C(=O)NC(=O)NC. The third-order valence-corrected chi connectivity index (χ3v) is 2.77. The molecule has 0 saturated heterocycles. The van der Waals surface area contributed by atoms with Crippen molar-refractivity contribution < 1.29 is 19.1 Å². The molecule has 0 aromatic heterocycles. The quantitative estimate of drug-likeness (QED) is 0.716. The summed E-state index contributed by atoms with van der Waals surface area (Å²) in [7, 11) is 4.83. The number of urea groups is 1. The zero-order valence-corrected chi connectivity index (χ0v) is 12.6. The molecule has 0 aliphatic heterocycles. The van der Waals surface area contributed by atoms with Gasteiger partial charge in [0.2, 0.25) is 0 Å². The number of hydrogen-bond donors (Lipinski definition) is 3. The molecular weight excluding hydrogens is 274 g/mol. The van der Waals surface area contributed by atoms with Gasteiger partial charge in [-0.3, -0.25) is 10.1 Å². The molecule has 3 N–H and O–H groups in total. The third-order valence-electron chi connectivity index (χ3n) is 2.77. The lowest BCUT2D eigenvalue weighted by molar-refractivity contribution is -0.126. The van der Waals surface area contributed by atoms with E-state index in [1.807, 2.05) is 13.1 Å². The highest BCUT2D eigenvalue weighted by atomic mass is 16.5. The van der Waals surface area contributed by atoms with Crippen LogP contribution in [0.25, 0.3) is 0 Å². The molecule has 0 saturated carbocycles. The van der Waals surface area contributed by atoms with Gasteiger partial charge in [0.1, 0.15) is 11.5 Å². The predicted octanol–water partition coefficient (Wildman–Crippen LogP) is 0.638. The van der Waals surface area contributed by atoms with Crippen molar-refractivity contribution in [3.63, 3.8) is 0 Å². The standard InChI is InChI=1S/C14H21N3O4/c1-9(13(18)17-14(19)16-3)21-12-6-5-11(20-4)7-10(12)8-15-2/h5-7,9,15H,8H2,1-4H3,(H2,16,17,18,19). The van der Waals surface area contributed by atoms with E-state index in [1.54, 1.807) is 26.2 Å². The first-order valence-electron chi connectivity index (χ1n) is 6.52. The van der Waals surface area contributed by atoms with Gasteiger partial charge in [-0.2, -0.15) is 0 Å². The van der Waals surface area contributed by atoms with Crippen molar-refractivity contribution in [2.75, 3.05) is 21.2 Å². The van der Waals surface area contributed by atoms with Gasteiger partial charge in [0.15, 0.2) is 6.10 Å². The lowest BCUT2D eigenvalue weighted by Gasteiger charge is -2.17. The minimum Gasteiger partial charge on any atom is -0.497 e. The minimum absolute atomic E-state index is 0.513. The third kappa shape index (κ3) is 4.96. The Morgan fingerprint density at radius 3 is 2.57 bits per heavy atom. The number of ether oxygens (including phenoxy) is 2. The Bertz CT molecular complexity index is 505. The molecule has 0 bridgehead atoms. The van der Waals surface area contributed by atoms with Crippen molar-refractivity contribution in [1.29, 1.82) is 0 Å². The summed E-state index contributed by atoms with van der Waals surface area (Å²) in [6.07, 6.45) is -0.800. The Labute approximate surface area is 124 Å². The lowest BCUT2D eigenvalue weighted by Crippen LogP contribution is -2.44. The fourth-order valence-corrected chi connectivity index (χ4v) is 1.65. The predicted molar refractivity (Wildman–Crippen MR) is 78.4 cm³/mol. The number of imide groups is 1. The van der Waals surface area contributed by atoms with Crippen LogP contribution in [0, 0.1) is 0 Å². The maximum Gasteiger partial charge on any atom is 0.321 e. The summed E-state index contributed by atoms with van der Waals surface area (Å²) >= 11 is 0. The van der Waals surface area contributed by atoms with Gasteiger partial charge in [-0.05, 0) is 32.2 Å². The smallest absolute Gasteiger partial charge is 0.321 e. The molecule has 0 aliphatic carbocycles. The Morgan fingerprint density at radius 1 is 1.29 bits per heavy atom. The number of hydrogen-bond acceptors (Lipinski definition) is 5. The minimum atomic E-state index is -0.800. The highest BCUT2D eigenvalue weighted by Gasteiger charge is 2.18. The van der Waals surface area contributed by atoms with Crippen LogP contribution in [0.5, 0.6) is 11.5 Å². The number of amides is 3. The molecule has 0 fully saturated rings. The number of nitrogens with one attached hydrogen (secondary N) is 3. The second-order valence-corrected chi connectivity index (χ2v) is 4.33. The van der Waals surface area contributed by atoms with E-state index in [2.05, 4.69) is 16.0 Å². The summed E-state index contributed by atoms with van der Waals surface area (Å²) in [5.74, 6) is 0.750. The van der Waals surface area contributed by atoms with Crippen LogP contribution in [0.3, 0.4) is 0 Å². The molecule has 7 heteroatoms. The summed E-state index contributed by atoms with van der Waals surface area (Å²) in [6.45, 7) is 2.14. The van der Waals surface area contributed by atoms with E-state index in [0.717, 1.165) is 5.56 Å². The summed E-state index contributed by atoms with van der Waals surface area (Å²) in [5, 5.41) is 7.50. The monoisotopic (exact) mass is 295 g/mol. The van der Waals surface area contributed by atoms with Gasteiger partial charge in [-0.15, -0.1) is 0 Å². The first kappa shape index (κ1) is 16.8. The fraction of sp³-hybridized carbons (Fsp3) is 0.429. The second kappa shape index (κ2) is 8.11. The molecule has 116 valence electrons. The number of rotatable bonds is 6. The molecule has 0 aliphatic rings. The van der Waals surface area contributed by atoms with Gasteiger partial charge in [0.05, 0.1) is 7.11 Å². The average Bonchev–Trinajstić information content (AvgIpc) is 2.48. The van der Waals surface area contributed by atoms with Crippen LogP contribution >= 0.6 is 0 Å². The second-order valence-electron chi connectivity index (χ2n) is 4.33. The van der Waals surface area contributed by atoms with E-state index in [0.29, 0.717) is 18.0 Å². The van der Waals surface area contributed by atoms with Crippen molar-refractivity contribution in [2.45, 2.75) is 19.6 Å². The maximum absolute atomic E-state index is 11.8. The van der Waals surface area contributed by atoms with E-state index < -0.39 is 18.0 Å². The molecule has 1 aromatic rings. The Kier molecular flexibility index (Phi) is 6.48. The first-order chi connectivity index (χ1) is 10.0. The van der Waals surface area contributed by atoms with E-state index >= 15 is 0 Å². The molecule has 1 atom stereocenters. The number of carbonyl (C=O) groups is 2. The van der Waals surface area contributed by atoms with Crippen molar-refractivity contribution in [1.82, 2.24) is 16.0 Å². The Morgan fingerprint density at radius 2 is 2.00 bits per heavy atom. The molecule has 0 spiro atoms. The highest BCUT2D eigenvalue weighted by molar-refractivity contribution is 5.96. The molecule has 0 heterocycles. The van der Waals surface area contributed by atoms with E-state index in [4.69, 9.17) is 9.47 Å². The van der Waals surface area contributed by atoms with Crippen LogP contribution in [0.2, 0.25) is 0 Å². The molecule has 7 nitrogen and oxygen atoms in total. The Hall–Kier alpha value is -2.28.